The van der Waals surface area contributed by atoms with Crippen molar-refractivity contribution < 1.29 is 4.74 Å². The molecular formula is C14H19ClN2O. The van der Waals surface area contributed by atoms with Crippen molar-refractivity contribution in [3.05, 3.63) is 23.2 Å². The van der Waals surface area contributed by atoms with Gasteiger partial charge in [-0.25, -0.2) is 0 Å². The second-order valence-electron chi connectivity index (χ2n) is 4.88. The number of hydrogen-bond acceptors (Lipinski definition) is 3. The van der Waals surface area contributed by atoms with Crippen LogP contribution in [-0.4, -0.2) is 13.7 Å². The number of ether oxygens (including phenoxy) is 1. The number of hydrogen-bond donors (Lipinski definition) is 1. The lowest BCUT2D eigenvalue weighted by atomic mass is 9.90. The van der Waals surface area contributed by atoms with E-state index in [1.165, 1.54) is 0 Å². The number of nitrogens with one attached hydrogen (secondary N) is 1. The van der Waals surface area contributed by atoms with Gasteiger partial charge >= 0.3 is 0 Å². The van der Waals surface area contributed by atoms with Crippen molar-refractivity contribution in [2.75, 3.05) is 19.0 Å². The summed E-state index contributed by atoms with van der Waals surface area (Å²) in [6.07, 6.45) is 1.82. The highest BCUT2D eigenvalue weighted by atomic mass is 35.5. The molecule has 0 amide bonds. The molecule has 0 aliphatic carbocycles. The highest BCUT2D eigenvalue weighted by Crippen LogP contribution is 2.27. The fraction of sp³-hybridized carbons (Fsp3) is 0.500. The first kappa shape index (κ1) is 14.7. The van der Waals surface area contributed by atoms with E-state index in [0.717, 1.165) is 25.1 Å². The van der Waals surface area contributed by atoms with E-state index in [2.05, 4.69) is 11.4 Å². The molecule has 0 aromatic heterocycles. The average Bonchev–Trinajstić information content (AvgIpc) is 2.35. The van der Waals surface area contributed by atoms with Crippen LogP contribution in [0.3, 0.4) is 0 Å². The predicted molar refractivity (Wildman–Crippen MR) is 75.1 cm³/mol. The number of halogens is 1. The van der Waals surface area contributed by atoms with E-state index in [4.69, 9.17) is 21.6 Å². The average molecular weight is 267 g/mol. The Morgan fingerprint density at radius 3 is 2.72 bits per heavy atom. The molecule has 1 N–H and O–H groups in total. The highest BCUT2D eigenvalue weighted by molar-refractivity contribution is 6.32. The second kappa shape index (κ2) is 6.51. The molecule has 4 heteroatoms. The lowest BCUT2D eigenvalue weighted by Crippen LogP contribution is -2.11. The summed E-state index contributed by atoms with van der Waals surface area (Å²) in [7, 11) is 1.60. The van der Waals surface area contributed by atoms with Crippen LogP contribution < -0.4 is 10.1 Å². The van der Waals surface area contributed by atoms with E-state index in [1.54, 1.807) is 7.11 Å². The quantitative estimate of drug-likeness (QED) is 0.789. The predicted octanol–water partition coefficient (Wildman–Crippen LogP) is 4.09. The molecule has 1 aromatic rings. The zero-order valence-corrected chi connectivity index (χ0v) is 11.8. The number of anilines is 1. The molecule has 0 heterocycles. The van der Waals surface area contributed by atoms with Crippen molar-refractivity contribution in [3.63, 3.8) is 0 Å². The van der Waals surface area contributed by atoms with Gasteiger partial charge in [-0.2, -0.15) is 5.26 Å². The lowest BCUT2D eigenvalue weighted by molar-refractivity contribution is 0.415. The number of rotatable bonds is 6. The van der Waals surface area contributed by atoms with Gasteiger partial charge in [-0.3, -0.25) is 0 Å². The molecule has 98 valence electrons. The summed E-state index contributed by atoms with van der Waals surface area (Å²) >= 11 is 6.03. The van der Waals surface area contributed by atoms with Crippen LogP contribution in [0.15, 0.2) is 18.2 Å². The van der Waals surface area contributed by atoms with Crippen molar-refractivity contribution in [3.8, 4) is 11.8 Å². The van der Waals surface area contributed by atoms with E-state index in [-0.39, 0.29) is 5.41 Å². The van der Waals surface area contributed by atoms with E-state index >= 15 is 0 Å². The molecule has 0 bridgehead atoms. The van der Waals surface area contributed by atoms with Gasteiger partial charge < -0.3 is 10.1 Å². The fourth-order valence-corrected chi connectivity index (χ4v) is 1.85. The summed E-state index contributed by atoms with van der Waals surface area (Å²) in [6.45, 7) is 4.74. The molecule has 1 aromatic carbocycles. The molecule has 0 atom stereocenters. The molecule has 0 aliphatic heterocycles. The van der Waals surface area contributed by atoms with Crippen LogP contribution in [0.5, 0.6) is 5.75 Å². The minimum atomic E-state index is -0.251. The van der Waals surface area contributed by atoms with Crippen LogP contribution in [-0.2, 0) is 0 Å². The van der Waals surface area contributed by atoms with E-state index in [0.29, 0.717) is 10.8 Å². The molecular weight excluding hydrogens is 248 g/mol. The fourth-order valence-electron chi connectivity index (χ4n) is 1.60. The van der Waals surface area contributed by atoms with Crippen molar-refractivity contribution in [2.24, 2.45) is 5.41 Å². The van der Waals surface area contributed by atoms with Crippen molar-refractivity contribution >= 4 is 17.3 Å². The third-order valence-corrected chi connectivity index (χ3v) is 3.06. The van der Waals surface area contributed by atoms with Gasteiger partial charge in [-0.05, 0) is 44.9 Å². The summed E-state index contributed by atoms with van der Waals surface area (Å²) in [4.78, 5) is 0. The smallest absolute Gasteiger partial charge is 0.137 e. The Kier molecular flexibility index (Phi) is 5.30. The Labute approximate surface area is 114 Å². The molecule has 0 saturated carbocycles. The van der Waals surface area contributed by atoms with Gasteiger partial charge in [0.2, 0.25) is 0 Å². The van der Waals surface area contributed by atoms with Gasteiger partial charge in [0.1, 0.15) is 5.75 Å². The highest BCUT2D eigenvalue weighted by Gasteiger charge is 2.15. The first-order chi connectivity index (χ1) is 8.48. The van der Waals surface area contributed by atoms with E-state index in [9.17, 15) is 0 Å². The van der Waals surface area contributed by atoms with Gasteiger partial charge in [0.05, 0.1) is 23.6 Å². The monoisotopic (exact) mass is 266 g/mol. The molecule has 3 nitrogen and oxygen atoms in total. The SMILES string of the molecule is COc1ccc(NCCCC(C)(C)C#N)cc1Cl. The first-order valence-corrected chi connectivity index (χ1v) is 6.35. The lowest BCUT2D eigenvalue weighted by Gasteiger charge is -2.15. The van der Waals surface area contributed by atoms with Crippen LogP contribution in [0.1, 0.15) is 26.7 Å². The minimum Gasteiger partial charge on any atom is -0.495 e. The van der Waals surface area contributed by atoms with Crippen LogP contribution in [0.2, 0.25) is 5.02 Å². The number of benzene rings is 1. The molecule has 18 heavy (non-hydrogen) atoms. The number of nitriles is 1. The maximum atomic E-state index is 8.90. The van der Waals surface area contributed by atoms with E-state index in [1.807, 2.05) is 32.0 Å². The zero-order valence-electron chi connectivity index (χ0n) is 11.1. The van der Waals surface area contributed by atoms with Crippen LogP contribution in [0, 0.1) is 16.7 Å². The number of nitrogens with zero attached hydrogens (tertiary/aromatic N) is 1. The number of methoxy groups -OCH3 is 1. The van der Waals surface area contributed by atoms with Crippen molar-refractivity contribution in [1.82, 2.24) is 0 Å². The van der Waals surface area contributed by atoms with Gasteiger partial charge in [0, 0.05) is 12.2 Å². The summed E-state index contributed by atoms with van der Waals surface area (Å²) in [5, 5.41) is 12.8. The Morgan fingerprint density at radius 1 is 1.44 bits per heavy atom. The first-order valence-electron chi connectivity index (χ1n) is 5.97. The largest absolute Gasteiger partial charge is 0.495 e. The van der Waals surface area contributed by atoms with Gasteiger partial charge in [0.25, 0.3) is 0 Å². The maximum absolute atomic E-state index is 8.90. The second-order valence-corrected chi connectivity index (χ2v) is 5.28. The summed E-state index contributed by atoms with van der Waals surface area (Å²) < 4.78 is 5.09. The molecule has 0 aliphatic rings. The molecule has 1 rings (SSSR count). The molecule has 0 spiro atoms. The molecule has 0 saturated heterocycles. The normalized spacial score (nSPS) is 10.8. The van der Waals surface area contributed by atoms with Crippen LogP contribution in [0.4, 0.5) is 5.69 Å². The Hall–Kier alpha value is -1.40. The topological polar surface area (TPSA) is 45.0 Å². The third-order valence-electron chi connectivity index (χ3n) is 2.76. The molecule has 0 fully saturated rings. The molecule has 0 radical (unpaired) electrons. The van der Waals surface area contributed by atoms with Gasteiger partial charge in [-0.1, -0.05) is 11.6 Å². The summed E-state index contributed by atoms with van der Waals surface area (Å²) in [5.74, 6) is 0.674. The van der Waals surface area contributed by atoms with Crippen molar-refractivity contribution in [1.29, 1.82) is 5.26 Å². The summed E-state index contributed by atoms with van der Waals surface area (Å²) in [5.41, 5.74) is 0.717. The standard InChI is InChI=1S/C14H19ClN2O/c1-14(2,10-16)7-4-8-17-11-5-6-13(18-3)12(15)9-11/h5-6,9,17H,4,7-8H2,1-3H3. The minimum absolute atomic E-state index is 0.251. The third kappa shape index (κ3) is 4.46. The van der Waals surface area contributed by atoms with Crippen LogP contribution in [0.25, 0.3) is 0 Å². The van der Waals surface area contributed by atoms with E-state index < -0.39 is 0 Å². The van der Waals surface area contributed by atoms with Gasteiger partial charge in [0.15, 0.2) is 0 Å². The van der Waals surface area contributed by atoms with Crippen LogP contribution >= 0.6 is 11.6 Å². The Balaban J connectivity index is 2.41. The molecule has 0 unspecified atom stereocenters. The Morgan fingerprint density at radius 2 is 2.17 bits per heavy atom. The van der Waals surface area contributed by atoms with Crippen molar-refractivity contribution in [2.45, 2.75) is 26.7 Å². The summed E-state index contributed by atoms with van der Waals surface area (Å²) in [6, 6.07) is 7.91. The Bertz CT molecular complexity index is 438. The van der Waals surface area contributed by atoms with Gasteiger partial charge in [-0.15, -0.1) is 0 Å². The zero-order chi connectivity index (χ0) is 13.6. The maximum Gasteiger partial charge on any atom is 0.137 e.